The fraction of sp³-hybridized carbons (Fsp3) is 0.667. The molecule has 3 nitrogen and oxygen atoms in total. The summed E-state index contributed by atoms with van der Waals surface area (Å²) >= 11 is 0. The molecule has 0 aliphatic carbocycles. The van der Waals surface area contributed by atoms with Crippen molar-refractivity contribution in [2.45, 2.75) is 51.2 Å². The van der Waals surface area contributed by atoms with Gasteiger partial charge in [0.05, 0.1) is 5.69 Å². The molecule has 0 spiro atoms. The van der Waals surface area contributed by atoms with E-state index in [1.54, 1.807) is 0 Å². The van der Waals surface area contributed by atoms with Gasteiger partial charge in [-0.2, -0.15) is 0 Å². The second-order valence-corrected chi connectivity index (χ2v) is 5.65. The third kappa shape index (κ3) is 2.57. The van der Waals surface area contributed by atoms with Crippen molar-refractivity contribution in [2.24, 2.45) is 0 Å². The summed E-state index contributed by atoms with van der Waals surface area (Å²) in [5.74, 6) is 0. The average molecular weight is 245 g/mol. The molecule has 2 atom stereocenters. The van der Waals surface area contributed by atoms with Crippen molar-refractivity contribution < 1.29 is 0 Å². The van der Waals surface area contributed by atoms with Gasteiger partial charge >= 0.3 is 0 Å². The highest BCUT2D eigenvalue weighted by atomic mass is 15.2. The minimum absolute atomic E-state index is 0.674. The van der Waals surface area contributed by atoms with Crippen LogP contribution in [-0.2, 0) is 6.54 Å². The zero-order chi connectivity index (χ0) is 12.4. The fourth-order valence-corrected chi connectivity index (χ4v) is 3.42. The van der Waals surface area contributed by atoms with Crippen molar-refractivity contribution in [1.82, 2.24) is 15.2 Å². The molecule has 0 radical (unpaired) electrons. The molecule has 3 heterocycles. The lowest BCUT2D eigenvalue weighted by Crippen LogP contribution is -2.44. The van der Waals surface area contributed by atoms with E-state index in [2.05, 4.69) is 40.3 Å². The summed E-state index contributed by atoms with van der Waals surface area (Å²) in [6.07, 6.45) is 5.47. The molecule has 1 N–H and O–H groups in total. The van der Waals surface area contributed by atoms with E-state index in [4.69, 9.17) is 0 Å². The maximum absolute atomic E-state index is 4.56. The first-order valence-corrected chi connectivity index (χ1v) is 7.23. The van der Waals surface area contributed by atoms with Gasteiger partial charge in [-0.3, -0.25) is 9.88 Å². The third-order valence-corrected chi connectivity index (χ3v) is 4.35. The molecular weight excluding hydrogens is 222 g/mol. The predicted molar refractivity (Wildman–Crippen MR) is 73.4 cm³/mol. The van der Waals surface area contributed by atoms with Gasteiger partial charge in [0.2, 0.25) is 0 Å². The van der Waals surface area contributed by atoms with Crippen LogP contribution in [0.1, 0.15) is 37.1 Å². The molecule has 2 aliphatic rings. The lowest BCUT2D eigenvalue weighted by Gasteiger charge is -2.32. The number of rotatable bonds is 3. The Kier molecular flexibility index (Phi) is 3.62. The summed E-state index contributed by atoms with van der Waals surface area (Å²) in [6, 6.07) is 7.73. The Bertz CT molecular complexity index is 404. The number of fused-ring (bicyclic) bond motifs is 1. The maximum atomic E-state index is 4.56. The minimum atomic E-state index is 0.674. The summed E-state index contributed by atoms with van der Waals surface area (Å²) in [7, 11) is 0. The van der Waals surface area contributed by atoms with Crippen molar-refractivity contribution in [3.8, 4) is 0 Å². The molecular formula is C15H23N3. The van der Waals surface area contributed by atoms with E-state index in [0.717, 1.165) is 18.3 Å². The number of hydrogen-bond acceptors (Lipinski definition) is 3. The fourth-order valence-electron chi connectivity index (χ4n) is 3.42. The first-order valence-electron chi connectivity index (χ1n) is 7.23. The Balaban J connectivity index is 1.57. The summed E-state index contributed by atoms with van der Waals surface area (Å²) in [4.78, 5) is 7.23. The molecule has 0 saturated carbocycles. The molecule has 0 amide bonds. The average Bonchev–Trinajstić information content (AvgIpc) is 2.80. The van der Waals surface area contributed by atoms with E-state index < -0.39 is 0 Å². The van der Waals surface area contributed by atoms with Crippen molar-refractivity contribution in [2.75, 3.05) is 13.1 Å². The zero-order valence-corrected chi connectivity index (χ0v) is 11.2. The van der Waals surface area contributed by atoms with Gasteiger partial charge in [0.1, 0.15) is 0 Å². The first-order chi connectivity index (χ1) is 8.83. The van der Waals surface area contributed by atoms with Crippen LogP contribution in [0.15, 0.2) is 18.2 Å². The van der Waals surface area contributed by atoms with Gasteiger partial charge < -0.3 is 5.32 Å². The zero-order valence-electron chi connectivity index (χ0n) is 11.2. The highest BCUT2D eigenvalue weighted by Crippen LogP contribution is 2.27. The van der Waals surface area contributed by atoms with Crippen molar-refractivity contribution in [3.63, 3.8) is 0 Å². The summed E-state index contributed by atoms with van der Waals surface area (Å²) in [6.45, 7) is 5.56. The van der Waals surface area contributed by atoms with Crippen molar-refractivity contribution in [1.29, 1.82) is 0 Å². The van der Waals surface area contributed by atoms with Crippen LogP contribution in [-0.4, -0.2) is 35.1 Å². The Morgan fingerprint density at radius 1 is 1.28 bits per heavy atom. The van der Waals surface area contributed by atoms with Crippen LogP contribution >= 0.6 is 0 Å². The van der Waals surface area contributed by atoms with Crippen LogP contribution < -0.4 is 5.32 Å². The first kappa shape index (κ1) is 12.1. The highest BCUT2D eigenvalue weighted by Gasteiger charge is 2.34. The van der Waals surface area contributed by atoms with Gasteiger partial charge in [0.25, 0.3) is 0 Å². The molecule has 2 unspecified atom stereocenters. The van der Waals surface area contributed by atoms with Gasteiger partial charge in [-0.15, -0.1) is 0 Å². The molecule has 18 heavy (non-hydrogen) atoms. The molecule has 3 rings (SSSR count). The van der Waals surface area contributed by atoms with E-state index in [-0.39, 0.29) is 0 Å². The van der Waals surface area contributed by atoms with Crippen LogP contribution in [0.5, 0.6) is 0 Å². The van der Waals surface area contributed by atoms with Gasteiger partial charge in [0, 0.05) is 30.9 Å². The van der Waals surface area contributed by atoms with Gasteiger partial charge in [0.15, 0.2) is 0 Å². The number of pyridine rings is 1. The van der Waals surface area contributed by atoms with Crippen LogP contribution in [0.2, 0.25) is 0 Å². The second-order valence-electron chi connectivity index (χ2n) is 5.65. The summed E-state index contributed by atoms with van der Waals surface area (Å²) in [5, 5.41) is 3.72. The van der Waals surface area contributed by atoms with Crippen LogP contribution in [0.4, 0.5) is 0 Å². The smallest absolute Gasteiger partial charge is 0.0544 e. The van der Waals surface area contributed by atoms with Gasteiger partial charge in [-0.1, -0.05) is 12.5 Å². The molecule has 1 aromatic rings. The molecule has 2 fully saturated rings. The van der Waals surface area contributed by atoms with E-state index in [1.807, 2.05) is 0 Å². The standard InChI is InChI=1S/C15H23N3/c1-12-5-4-6-13(17-12)11-16-14-8-10-18-9-3-2-7-15(14)18/h4-6,14-16H,2-3,7-11H2,1H3. The molecule has 0 aromatic carbocycles. The van der Waals surface area contributed by atoms with Crippen LogP contribution in [0, 0.1) is 6.92 Å². The predicted octanol–water partition coefficient (Wildman–Crippen LogP) is 2.11. The Morgan fingerprint density at radius 3 is 3.11 bits per heavy atom. The van der Waals surface area contributed by atoms with Crippen molar-refractivity contribution in [3.05, 3.63) is 29.6 Å². The van der Waals surface area contributed by atoms with Crippen LogP contribution in [0.25, 0.3) is 0 Å². The largest absolute Gasteiger partial charge is 0.307 e. The Hall–Kier alpha value is -0.930. The third-order valence-electron chi connectivity index (χ3n) is 4.35. The number of nitrogens with one attached hydrogen (secondary N) is 1. The Labute approximate surface area is 110 Å². The van der Waals surface area contributed by atoms with Crippen molar-refractivity contribution >= 4 is 0 Å². The summed E-state index contributed by atoms with van der Waals surface area (Å²) in [5.41, 5.74) is 2.28. The lowest BCUT2D eigenvalue weighted by molar-refractivity contribution is 0.180. The number of aromatic nitrogens is 1. The topological polar surface area (TPSA) is 28.2 Å². The minimum Gasteiger partial charge on any atom is -0.307 e. The molecule has 2 aliphatic heterocycles. The van der Waals surface area contributed by atoms with Gasteiger partial charge in [-0.25, -0.2) is 0 Å². The Morgan fingerprint density at radius 2 is 2.22 bits per heavy atom. The summed E-state index contributed by atoms with van der Waals surface area (Å²) < 4.78 is 0. The molecule has 0 bridgehead atoms. The number of aryl methyl sites for hydroxylation is 1. The monoisotopic (exact) mass is 245 g/mol. The second kappa shape index (κ2) is 5.37. The van der Waals surface area contributed by atoms with Crippen LogP contribution in [0.3, 0.4) is 0 Å². The SMILES string of the molecule is Cc1cccc(CNC2CCN3CCCCC23)n1. The number of hydrogen-bond donors (Lipinski definition) is 1. The highest BCUT2D eigenvalue weighted by molar-refractivity contribution is 5.10. The van der Waals surface area contributed by atoms with E-state index >= 15 is 0 Å². The van der Waals surface area contributed by atoms with E-state index in [1.165, 1.54) is 44.5 Å². The van der Waals surface area contributed by atoms with E-state index in [0.29, 0.717) is 6.04 Å². The molecule has 3 heteroatoms. The normalized spacial score (nSPS) is 28.3. The number of piperidine rings is 1. The lowest BCUT2D eigenvalue weighted by atomic mass is 9.99. The maximum Gasteiger partial charge on any atom is 0.0544 e. The van der Waals surface area contributed by atoms with E-state index in [9.17, 15) is 0 Å². The molecule has 2 saturated heterocycles. The quantitative estimate of drug-likeness (QED) is 0.884. The molecule has 98 valence electrons. The van der Waals surface area contributed by atoms with Gasteiger partial charge in [-0.05, 0) is 44.9 Å². The molecule has 1 aromatic heterocycles. The number of nitrogens with zero attached hydrogens (tertiary/aromatic N) is 2.